The van der Waals surface area contributed by atoms with Gasteiger partial charge in [-0.25, -0.2) is 4.79 Å². The largest absolute Gasteiger partial charge is 0.493 e. The van der Waals surface area contributed by atoms with Crippen LogP contribution in [-0.4, -0.2) is 38.2 Å². The second-order valence-corrected chi connectivity index (χ2v) is 6.48. The van der Waals surface area contributed by atoms with Crippen molar-refractivity contribution < 1.29 is 14.6 Å². The van der Waals surface area contributed by atoms with Gasteiger partial charge in [0.05, 0.1) is 6.61 Å². The molecule has 130 valence electrons. The first-order chi connectivity index (χ1) is 11.6. The number of aromatic carboxylic acids is 1. The SMILES string of the molecule is CCCCc1nnc(SCCCOc2ccccc2C(=O)O)n1C. The summed E-state index contributed by atoms with van der Waals surface area (Å²) in [6, 6.07) is 6.69. The Morgan fingerprint density at radius 1 is 1.29 bits per heavy atom. The summed E-state index contributed by atoms with van der Waals surface area (Å²) in [5.74, 6) is 1.30. The summed E-state index contributed by atoms with van der Waals surface area (Å²) in [5.41, 5.74) is 0.194. The zero-order valence-electron chi connectivity index (χ0n) is 14.1. The Kier molecular flexibility index (Phi) is 7.11. The predicted octanol–water partition coefficient (Wildman–Crippen LogP) is 3.42. The minimum atomic E-state index is -0.973. The van der Waals surface area contributed by atoms with Gasteiger partial charge >= 0.3 is 5.97 Å². The van der Waals surface area contributed by atoms with Crippen LogP contribution in [0.25, 0.3) is 0 Å². The van der Waals surface area contributed by atoms with Crippen LogP contribution in [0.15, 0.2) is 29.4 Å². The molecule has 0 aliphatic heterocycles. The highest BCUT2D eigenvalue weighted by Crippen LogP contribution is 2.20. The van der Waals surface area contributed by atoms with Gasteiger partial charge in [-0.3, -0.25) is 0 Å². The monoisotopic (exact) mass is 349 g/mol. The lowest BCUT2D eigenvalue weighted by Gasteiger charge is -2.08. The summed E-state index contributed by atoms with van der Waals surface area (Å²) in [4.78, 5) is 11.1. The highest BCUT2D eigenvalue weighted by molar-refractivity contribution is 7.99. The normalized spacial score (nSPS) is 10.8. The highest BCUT2D eigenvalue weighted by Gasteiger charge is 2.11. The molecule has 2 aromatic rings. The second-order valence-electron chi connectivity index (χ2n) is 5.41. The standard InChI is InChI=1S/C17H23N3O3S/c1-3-4-10-15-18-19-17(20(15)2)24-12-7-11-23-14-9-6-5-8-13(14)16(21)22/h5-6,8-9H,3-4,7,10-12H2,1-2H3,(H,21,22). The van der Waals surface area contributed by atoms with Gasteiger partial charge in [0.1, 0.15) is 17.1 Å². The average Bonchev–Trinajstić information content (AvgIpc) is 2.93. The number of carbonyl (C=O) groups is 1. The fraction of sp³-hybridized carbons (Fsp3) is 0.471. The average molecular weight is 349 g/mol. The zero-order chi connectivity index (χ0) is 17.4. The number of unbranched alkanes of at least 4 members (excludes halogenated alkanes) is 1. The number of rotatable bonds is 10. The van der Waals surface area contributed by atoms with E-state index in [1.165, 1.54) is 0 Å². The van der Waals surface area contributed by atoms with Crippen LogP contribution in [0.3, 0.4) is 0 Å². The number of hydrogen-bond acceptors (Lipinski definition) is 5. The summed E-state index contributed by atoms with van der Waals surface area (Å²) in [5, 5.41) is 18.5. The molecular formula is C17H23N3O3S. The molecule has 0 saturated carbocycles. The van der Waals surface area contributed by atoms with Crippen molar-refractivity contribution in [3.05, 3.63) is 35.7 Å². The Labute approximate surface area is 146 Å². The van der Waals surface area contributed by atoms with E-state index in [1.807, 2.05) is 11.6 Å². The Morgan fingerprint density at radius 2 is 2.08 bits per heavy atom. The molecule has 1 N–H and O–H groups in total. The third-order valence-corrected chi connectivity index (χ3v) is 4.68. The van der Waals surface area contributed by atoms with E-state index in [1.54, 1.807) is 36.0 Å². The summed E-state index contributed by atoms with van der Waals surface area (Å²) >= 11 is 1.64. The van der Waals surface area contributed by atoms with Gasteiger partial charge in [0.15, 0.2) is 5.16 Å². The molecule has 0 bridgehead atoms. The van der Waals surface area contributed by atoms with Gasteiger partial charge in [0.2, 0.25) is 0 Å². The van der Waals surface area contributed by atoms with Crippen LogP contribution >= 0.6 is 11.8 Å². The number of thioether (sulfide) groups is 1. The number of benzene rings is 1. The second kappa shape index (κ2) is 9.32. The smallest absolute Gasteiger partial charge is 0.339 e. The number of aryl methyl sites for hydroxylation is 1. The first-order valence-electron chi connectivity index (χ1n) is 8.09. The molecule has 1 heterocycles. The first-order valence-corrected chi connectivity index (χ1v) is 9.08. The fourth-order valence-electron chi connectivity index (χ4n) is 2.20. The molecule has 0 aliphatic carbocycles. The lowest BCUT2D eigenvalue weighted by atomic mass is 10.2. The maximum atomic E-state index is 11.1. The number of hydrogen-bond donors (Lipinski definition) is 1. The molecular weight excluding hydrogens is 326 g/mol. The predicted molar refractivity (Wildman–Crippen MR) is 93.9 cm³/mol. The lowest BCUT2D eigenvalue weighted by molar-refractivity contribution is 0.0692. The van der Waals surface area contributed by atoms with Crippen molar-refractivity contribution in [1.29, 1.82) is 0 Å². The van der Waals surface area contributed by atoms with Crippen molar-refractivity contribution in [1.82, 2.24) is 14.8 Å². The van der Waals surface area contributed by atoms with Crippen molar-refractivity contribution in [2.24, 2.45) is 7.05 Å². The molecule has 0 radical (unpaired) electrons. The molecule has 0 fully saturated rings. The summed E-state index contributed by atoms with van der Waals surface area (Å²) in [7, 11) is 1.99. The van der Waals surface area contributed by atoms with E-state index in [4.69, 9.17) is 9.84 Å². The van der Waals surface area contributed by atoms with Crippen LogP contribution in [0.1, 0.15) is 42.4 Å². The van der Waals surface area contributed by atoms with E-state index in [2.05, 4.69) is 17.1 Å². The van der Waals surface area contributed by atoms with Crippen LogP contribution in [-0.2, 0) is 13.5 Å². The molecule has 2 rings (SSSR count). The van der Waals surface area contributed by atoms with Gasteiger partial charge < -0.3 is 14.4 Å². The Morgan fingerprint density at radius 3 is 2.83 bits per heavy atom. The van der Waals surface area contributed by atoms with E-state index < -0.39 is 5.97 Å². The summed E-state index contributed by atoms with van der Waals surface area (Å²) < 4.78 is 7.63. The van der Waals surface area contributed by atoms with Crippen LogP contribution in [0.4, 0.5) is 0 Å². The van der Waals surface area contributed by atoms with Crippen molar-refractivity contribution in [2.75, 3.05) is 12.4 Å². The van der Waals surface area contributed by atoms with Crippen molar-refractivity contribution in [3.63, 3.8) is 0 Å². The van der Waals surface area contributed by atoms with E-state index >= 15 is 0 Å². The van der Waals surface area contributed by atoms with Gasteiger partial charge in [-0.1, -0.05) is 37.2 Å². The summed E-state index contributed by atoms with van der Waals surface area (Å²) in [6.07, 6.45) is 4.02. The van der Waals surface area contributed by atoms with E-state index in [0.717, 1.165) is 42.4 Å². The van der Waals surface area contributed by atoms with Crippen molar-refractivity contribution in [2.45, 2.75) is 37.8 Å². The molecule has 0 spiro atoms. The first kappa shape index (κ1) is 18.3. The Balaban J connectivity index is 1.76. The molecule has 0 saturated heterocycles. The van der Waals surface area contributed by atoms with Gasteiger partial charge in [0, 0.05) is 19.2 Å². The van der Waals surface area contributed by atoms with Crippen molar-refractivity contribution >= 4 is 17.7 Å². The highest BCUT2D eigenvalue weighted by atomic mass is 32.2. The van der Waals surface area contributed by atoms with Crippen LogP contribution in [0, 0.1) is 0 Å². The number of ether oxygens (including phenoxy) is 1. The van der Waals surface area contributed by atoms with Crippen LogP contribution in [0.5, 0.6) is 5.75 Å². The molecule has 6 nitrogen and oxygen atoms in total. The number of para-hydroxylation sites is 1. The van der Waals surface area contributed by atoms with E-state index in [0.29, 0.717) is 12.4 Å². The fourth-order valence-corrected chi connectivity index (χ4v) is 3.04. The van der Waals surface area contributed by atoms with Gasteiger partial charge in [-0.15, -0.1) is 10.2 Å². The third kappa shape index (κ3) is 4.99. The number of nitrogens with zero attached hydrogens (tertiary/aromatic N) is 3. The van der Waals surface area contributed by atoms with E-state index in [-0.39, 0.29) is 5.56 Å². The molecule has 0 amide bonds. The molecule has 24 heavy (non-hydrogen) atoms. The zero-order valence-corrected chi connectivity index (χ0v) is 14.9. The molecule has 0 atom stereocenters. The molecule has 1 aromatic carbocycles. The maximum Gasteiger partial charge on any atom is 0.339 e. The Hall–Kier alpha value is -2.02. The number of carboxylic acids is 1. The minimum Gasteiger partial charge on any atom is -0.493 e. The van der Waals surface area contributed by atoms with Crippen molar-refractivity contribution in [3.8, 4) is 5.75 Å². The third-order valence-electron chi connectivity index (χ3n) is 3.57. The van der Waals surface area contributed by atoms with Gasteiger partial charge in [-0.05, 0) is 25.0 Å². The molecule has 1 aromatic heterocycles. The number of carboxylic acid groups (broad SMARTS) is 1. The summed E-state index contributed by atoms with van der Waals surface area (Å²) in [6.45, 7) is 2.63. The topological polar surface area (TPSA) is 77.2 Å². The minimum absolute atomic E-state index is 0.194. The van der Waals surface area contributed by atoms with Crippen LogP contribution < -0.4 is 4.74 Å². The Bertz CT molecular complexity index is 673. The van der Waals surface area contributed by atoms with E-state index in [9.17, 15) is 4.79 Å². The molecule has 0 aliphatic rings. The van der Waals surface area contributed by atoms with Gasteiger partial charge in [-0.2, -0.15) is 0 Å². The maximum absolute atomic E-state index is 11.1. The van der Waals surface area contributed by atoms with Gasteiger partial charge in [0.25, 0.3) is 0 Å². The molecule has 0 unspecified atom stereocenters. The quantitative estimate of drug-likeness (QED) is 0.523. The lowest BCUT2D eigenvalue weighted by Crippen LogP contribution is -2.05. The van der Waals surface area contributed by atoms with Crippen LogP contribution in [0.2, 0.25) is 0 Å². The molecule has 7 heteroatoms. The number of aromatic nitrogens is 3.